The average molecular weight is 481 g/mol. The van der Waals surface area contributed by atoms with Gasteiger partial charge >= 0.3 is 0 Å². The first kappa shape index (κ1) is 21.5. The van der Waals surface area contributed by atoms with Crippen molar-refractivity contribution >= 4 is 28.4 Å². The van der Waals surface area contributed by atoms with Gasteiger partial charge in [0.25, 0.3) is 5.91 Å². The number of nitrogens with one attached hydrogen (secondary N) is 2. The highest BCUT2D eigenvalue weighted by Gasteiger charge is 2.35. The van der Waals surface area contributed by atoms with Gasteiger partial charge in [-0.1, -0.05) is 12.1 Å². The molecule has 0 bridgehead atoms. The summed E-state index contributed by atoms with van der Waals surface area (Å²) in [6, 6.07) is 12.4. The summed E-state index contributed by atoms with van der Waals surface area (Å²) < 4.78 is 7.81. The Balaban J connectivity index is 1.28. The van der Waals surface area contributed by atoms with Gasteiger partial charge in [-0.2, -0.15) is 0 Å². The lowest BCUT2D eigenvalue weighted by atomic mass is 9.89. The summed E-state index contributed by atoms with van der Waals surface area (Å²) >= 11 is 0. The Morgan fingerprint density at radius 1 is 1.08 bits per heavy atom. The smallest absolute Gasteiger partial charge is 0.254 e. The number of hydrogen-bond acceptors (Lipinski definition) is 6. The van der Waals surface area contributed by atoms with Gasteiger partial charge in [0.05, 0.1) is 30.2 Å². The van der Waals surface area contributed by atoms with Crippen molar-refractivity contribution in [3.8, 4) is 11.1 Å². The monoisotopic (exact) mass is 480 g/mol. The Bertz CT molecular complexity index is 1530. The highest BCUT2D eigenvalue weighted by atomic mass is 16.5. The maximum absolute atomic E-state index is 13.0. The minimum Gasteiger partial charge on any atom is -0.380 e. The van der Waals surface area contributed by atoms with Crippen LogP contribution in [-0.2, 0) is 24.9 Å². The largest absolute Gasteiger partial charge is 0.380 e. The third-order valence-electron chi connectivity index (χ3n) is 7.86. The van der Waals surface area contributed by atoms with Crippen LogP contribution in [0.15, 0.2) is 48.8 Å². The molecular formula is C28H28N6O2. The molecule has 8 nitrogen and oxygen atoms in total. The quantitative estimate of drug-likeness (QED) is 0.464. The normalized spacial score (nSPS) is 21.1. The van der Waals surface area contributed by atoms with Crippen molar-refractivity contribution in [2.75, 3.05) is 32.1 Å². The van der Waals surface area contributed by atoms with Gasteiger partial charge in [-0.05, 0) is 53.6 Å². The molecule has 7 rings (SSSR count). The van der Waals surface area contributed by atoms with Crippen LogP contribution in [-0.4, -0.2) is 52.1 Å². The lowest BCUT2D eigenvalue weighted by Crippen LogP contribution is -2.25. The van der Waals surface area contributed by atoms with Crippen LogP contribution in [0, 0.1) is 5.92 Å². The first-order chi connectivity index (χ1) is 17.6. The third kappa shape index (κ3) is 3.32. The lowest BCUT2D eigenvalue weighted by molar-refractivity contribution is 0.0966. The van der Waals surface area contributed by atoms with Crippen molar-refractivity contribution in [3.05, 3.63) is 71.2 Å². The van der Waals surface area contributed by atoms with Gasteiger partial charge in [-0.25, -0.2) is 9.97 Å². The van der Waals surface area contributed by atoms with Crippen LogP contribution < -0.4 is 10.6 Å². The van der Waals surface area contributed by atoms with E-state index in [-0.39, 0.29) is 5.91 Å². The van der Waals surface area contributed by atoms with Gasteiger partial charge in [-0.15, -0.1) is 0 Å². The van der Waals surface area contributed by atoms with Gasteiger partial charge in [0, 0.05) is 56.3 Å². The van der Waals surface area contributed by atoms with E-state index < -0.39 is 0 Å². The van der Waals surface area contributed by atoms with E-state index in [2.05, 4.69) is 45.8 Å². The van der Waals surface area contributed by atoms with E-state index in [9.17, 15) is 4.79 Å². The van der Waals surface area contributed by atoms with Crippen molar-refractivity contribution in [1.29, 1.82) is 0 Å². The maximum atomic E-state index is 13.0. The molecule has 3 aliphatic heterocycles. The van der Waals surface area contributed by atoms with Crippen molar-refractivity contribution in [1.82, 2.24) is 24.8 Å². The molecule has 8 heteroatoms. The van der Waals surface area contributed by atoms with E-state index in [1.165, 1.54) is 5.56 Å². The average Bonchev–Trinajstić information content (AvgIpc) is 3.57. The molecule has 1 aromatic carbocycles. The van der Waals surface area contributed by atoms with Gasteiger partial charge in [0.1, 0.15) is 11.5 Å². The fourth-order valence-electron chi connectivity index (χ4n) is 6.13. The van der Waals surface area contributed by atoms with Crippen LogP contribution in [0.4, 0.5) is 11.5 Å². The Kier molecular flexibility index (Phi) is 4.87. The fraction of sp³-hybridized carbons (Fsp3) is 0.321. The number of aryl methyl sites for hydroxylation is 1. The summed E-state index contributed by atoms with van der Waals surface area (Å²) in [4.78, 5) is 24.8. The first-order valence-corrected chi connectivity index (χ1v) is 12.4. The zero-order valence-electron chi connectivity index (χ0n) is 20.4. The molecule has 0 spiro atoms. The summed E-state index contributed by atoms with van der Waals surface area (Å²) in [6.45, 7) is 3.90. The number of fused-ring (bicyclic) bond motifs is 5. The van der Waals surface area contributed by atoms with E-state index >= 15 is 0 Å². The molecule has 3 aromatic heterocycles. The topological polar surface area (TPSA) is 84.3 Å². The first-order valence-electron chi connectivity index (χ1n) is 12.4. The standard InChI is InChI=1S/C28H28N6O2/c1-33-12-16-14-36-15-22(16)19-4-6-25(32-24(19)13-33)31-23-5-3-17(21-11-30-28(35)26(21)23)18-7-9-29-27-20(18)8-10-34(27)2/h3-10,16,22H,11-15H2,1-2H3,(H,30,35)(H,31,32)/t16-,22+/m1/s1. The van der Waals surface area contributed by atoms with Gasteiger partial charge in [-0.3, -0.25) is 4.79 Å². The number of rotatable bonds is 3. The third-order valence-corrected chi connectivity index (χ3v) is 7.86. The number of aromatic nitrogens is 3. The number of pyridine rings is 2. The molecule has 0 aliphatic carbocycles. The van der Waals surface area contributed by atoms with Crippen LogP contribution in [0.2, 0.25) is 0 Å². The zero-order chi connectivity index (χ0) is 24.4. The predicted molar refractivity (Wildman–Crippen MR) is 138 cm³/mol. The second-order valence-electron chi connectivity index (χ2n) is 10.2. The van der Waals surface area contributed by atoms with Crippen LogP contribution in [0.5, 0.6) is 0 Å². The molecule has 0 unspecified atom stereocenters. The molecule has 36 heavy (non-hydrogen) atoms. The summed E-state index contributed by atoms with van der Waals surface area (Å²) in [5, 5.41) is 7.56. The van der Waals surface area contributed by atoms with E-state index in [1.807, 2.05) is 42.2 Å². The molecule has 2 N–H and O–H groups in total. The summed E-state index contributed by atoms with van der Waals surface area (Å²) in [5.41, 5.74) is 7.90. The molecule has 0 saturated carbocycles. The van der Waals surface area contributed by atoms with Crippen molar-refractivity contribution in [2.24, 2.45) is 13.0 Å². The van der Waals surface area contributed by atoms with Crippen LogP contribution in [0.3, 0.4) is 0 Å². The van der Waals surface area contributed by atoms with E-state index in [0.717, 1.165) is 71.2 Å². The second-order valence-corrected chi connectivity index (χ2v) is 10.2. The summed E-state index contributed by atoms with van der Waals surface area (Å²) in [5.74, 6) is 1.60. The van der Waals surface area contributed by atoms with Crippen LogP contribution in [0.25, 0.3) is 22.2 Å². The van der Waals surface area contributed by atoms with E-state index in [0.29, 0.717) is 23.9 Å². The molecule has 2 atom stereocenters. The molecular weight excluding hydrogens is 452 g/mol. The molecule has 1 amide bonds. The molecule has 1 fully saturated rings. The number of carbonyl (C=O) groups is 1. The minimum absolute atomic E-state index is 0.0619. The maximum Gasteiger partial charge on any atom is 0.254 e. The highest BCUT2D eigenvalue weighted by Crippen LogP contribution is 2.39. The van der Waals surface area contributed by atoms with Gasteiger partial charge < -0.3 is 24.8 Å². The number of carbonyl (C=O) groups excluding carboxylic acids is 1. The lowest BCUT2D eigenvalue weighted by Gasteiger charge is -2.18. The Morgan fingerprint density at radius 2 is 2.00 bits per heavy atom. The van der Waals surface area contributed by atoms with Crippen LogP contribution in [0.1, 0.15) is 33.1 Å². The van der Waals surface area contributed by atoms with Crippen molar-refractivity contribution < 1.29 is 9.53 Å². The minimum atomic E-state index is -0.0619. The second kappa shape index (κ2) is 8.15. The van der Waals surface area contributed by atoms with Gasteiger partial charge in [0.15, 0.2) is 0 Å². The van der Waals surface area contributed by atoms with Crippen molar-refractivity contribution in [3.63, 3.8) is 0 Å². The molecule has 0 radical (unpaired) electrons. The number of nitrogens with zero attached hydrogens (tertiary/aromatic N) is 4. The van der Waals surface area contributed by atoms with E-state index in [1.54, 1.807) is 0 Å². The van der Waals surface area contributed by atoms with Crippen LogP contribution >= 0.6 is 0 Å². The highest BCUT2D eigenvalue weighted by molar-refractivity contribution is 6.07. The molecule has 182 valence electrons. The van der Waals surface area contributed by atoms with Crippen molar-refractivity contribution in [2.45, 2.75) is 19.0 Å². The number of benzene rings is 1. The number of ether oxygens (including phenoxy) is 1. The number of amides is 1. The number of hydrogen-bond donors (Lipinski definition) is 2. The zero-order valence-corrected chi connectivity index (χ0v) is 20.4. The predicted octanol–water partition coefficient (Wildman–Crippen LogP) is 3.80. The number of anilines is 2. The van der Waals surface area contributed by atoms with E-state index in [4.69, 9.17) is 9.72 Å². The molecule has 4 aromatic rings. The summed E-state index contributed by atoms with van der Waals surface area (Å²) in [7, 11) is 4.14. The Hall–Kier alpha value is -3.75. The Labute approximate surface area is 209 Å². The molecule has 3 aliphatic rings. The fourth-order valence-corrected chi connectivity index (χ4v) is 6.13. The summed E-state index contributed by atoms with van der Waals surface area (Å²) in [6.07, 6.45) is 3.85. The SMILES string of the molecule is CN1Cc2nc(Nc3ccc(-c4ccnc5c4ccn5C)c4c3C(=O)NC4)ccc2[C@H]2COC[C@H]2C1. The van der Waals surface area contributed by atoms with Gasteiger partial charge in [0.2, 0.25) is 0 Å². The molecule has 6 heterocycles. The Morgan fingerprint density at radius 3 is 2.92 bits per heavy atom. The molecule has 1 saturated heterocycles.